The average Bonchev–Trinajstić information content (AvgIpc) is 2.81. The van der Waals surface area contributed by atoms with Crippen LogP contribution in [0.2, 0.25) is 0 Å². The van der Waals surface area contributed by atoms with E-state index in [1.807, 2.05) is 39.0 Å². The van der Waals surface area contributed by atoms with Crippen LogP contribution in [0.25, 0.3) is 5.57 Å². The molecule has 2 aliphatic rings. The molecule has 10 heteroatoms. The zero-order valence-corrected chi connectivity index (χ0v) is 21.4. The van der Waals surface area contributed by atoms with Crippen molar-refractivity contribution in [2.24, 2.45) is 0 Å². The number of benzene rings is 2. The first-order chi connectivity index (χ1) is 17.3. The molecule has 198 valence electrons. The summed E-state index contributed by atoms with van der Waals surface area (Å²) in [7, 11) is 0. The number of aliphatic hydroxyl groups excluding tert-OH is 1. The third kappa shape index (κ3) is 5.73. The topological polar surface area (TPSA) is 83.0 Å². The summed E-state index contributed by atoms with van der Waals surface area (Å²) in [6.07, 6.45) is -3.12. The van der Waals surface area contributed by atoms with Gasteiger partial charge in [0.25, 0.3) is 0 Å². The Bertz CT molecular complexity index is 1210. The first-order valence-corrected chi connectivity index (χ1v) is 12.6. The molecular weight excluding hydrogens is 507 g/mol. The number of rotatable bonds is 7. The fraction of sp³-hybridized carbons (Fsp3) is 0.333. The van der Waals surface area contributed by atoms with Crippen molar-refractivity contribution in [1.29, 1.82) is 0 Å². The number of allylic oxidation sites excluding steroid dienone is 1. The molecule has 2 aromatic rings. The molecule has 0 bridgehead atoms. The maximum atomic E-state index is 12.9. The molecule has 2 aliphatic heterocycles. The summed E-state index contributed by atoms with van der Waals surface area (Å²) in [6.45, 7) is 10.1. The lowest BCUT2D eigenvalue weighted by atomic mass is 9.86. The van der Waals surface area contributed by atoms with E-state index >= 15 is 0 Å². The summed E-state index contributed by atoms with van der Waals surface area (Å²) in [5, 5.41) is 10.7. The molecule has 1 fully saturated rings. The Hall–Kier alpha value is -2.76. The highest BCUT2D eigenvalue weighted by Gasteiger charge is 2.47. The highest BCUT2D eigenvalue weighted by molar-refractivity contribution is 7.90. The summed E-state index contributed by atoms with van der Waals surface area (Å²) in [6, 6.07) is 11.6. The standard InChI is InChI=1S/C27H28F3NO5S/c1-5-21-22(36-20-11-9-18(10-12-20)27(28,29)30)14-35-24(32)23(21)17-7-6-8-19(13-17)26(15-34-16-26)31-37(33)25(2,3)4/h5-14,24,31-32H,1,15-16H2,2-4H3. The summed E-state index contributed by atoms with van der Waals surface area (Å²) >= 11 is -1.35. The van der Waals surface area contributed by atoms with E-state index in [0.717, 1.165) is 17.7 Å². The fourth-order valence-electron chi connectivity index (χ4n) is 3.86. The SMILES string of the molecule is C=CC1=C(c2cccc(C3(N[S+]([O-])C(C)(C)C)COC3)c2)C(O)OC=C1Oc1ccc(C(F)(F)F)cc1. The van der Waals surface area contributed by atoms with E-state index in [2.05, 4.69) is 11.3 Å². The van der Waals surface area contributed by atoms with E-state index in [-0.39, 0.29) is 11.5 Å². The van der Waals surface area contributed by atoms with Gasteiger partial charge in [0.2, 0.25) is 6.29 Å². The van der Waals surface area contributed by atoms with Crippen LogP contribution in [0.3, 0.4) is 0 Å². The maximum absolute atomic E-state index is 12.9. The van der Waals surface area contributed by atoms with Crippen LogP contribution >= 0.6 is 0 Å². The second-order valence-electron chi connectivity index (χ2n) is 9.77. The molecule has 2 aromatic carbocycles. The molecule has 0 amide bonds. The predicted molar refractivity (Wildman–Crippen MR) is 134 cm³/mol. The van der Waals surface area contributed by atoms with Gasteiger partial charge in [0.1, 0.15) is 22.3 Å². The van der Waals surface area contributed by atoms with Gasteiger partial charge >= 0.3 is 6.18 Å². The number of halogens is 3. The van der Waals surface area contributed by atoms with Crippen molar-refractivity contribution in [3.8, 4) is 5.75 Å². The van der Waals surface area contributed by atoms with Crippen molar-refractivity contribution < 1.29 is 37.0 Å². The van der Waals surface area contributed by atoms with Crippen molar-refractivity contribution in [3.63, 3.8) is 0 Å². The van der Waals surface area contributed by atoms with Crippen LogP contribution in [0.4, 0.5) is 13.2 Å². The van der Waals surface area contributed by atoms with Crippen molar-refractivity contribution in [1.82, 2.24) is 4.72 Å². The van der Waals surface area contributed by atoms with Gasteiger partial charge in [0.15, 0.2) is 5.76 Å². The predicted octanol–water partition coefficient (Wildman–Crippen LogP) is 5.19. The zero-order chi connectivity index (χ0) is 27.0. The van der Waals surface area contributed by atoms with E-state index < -0.39 is 39.7 Å². The van der Waals surface area contributed by atoms with Crippen LogP contribution in [-0.4, -0.2) is 33.9 Å². The third-order valence-corrected chi connectivity index (χ3v) is 7.68. The molecule has 2 unspecified atom stereocenters. The molecule has 2 atom stereocenters. The van der Waals surface area contributed by atoms with Gasteiger partial charge in [0.05, 0.1) is 18.8 Å². The molecular formula is C27H28F3NO5S. The number of hydrogen-bond acceptors (Lipinski definition) is 6. The number of hydrogen-bond donors (Lipinski definition) is 2. The highest BCUT2D eigenvalue weighted by atomic mass is 32.2. The van der Waals surface area contributed by atoms with Crippen molar-refractivity contribution in [2.45, 2.75) is 43.5 Å². The van der Waals surface area contributed by atoms with Gasteiger partial charge in [-0.1, -0.05) is 30.9 Å². The van der Waals surface area contributed by atoms with Crippen LogP contribution in [0.1, 0.15) is 37.5 Å². The van der Waals surface area contributed by atoms with E-state index in [4.69, 9.17) is 14.2 Å². The van der Waals surface area contributed by atoms with E-state index in [0.29, 0.717) is 29.9 Å². The van der Waals surface area contributed by atoms with Crippen LogP contribution in [0.5, 0.6) is 5.75 Å². The molecule has 2 heterocycles. The lowest BCUT2D eigenvalue weighted by Gasteiger charge is -2.43. The summed E-state index contributed by atoms with van der Waals surface area (Å²) in [5.74, 6) is 0.334. The highest BCUT2D eigenvalue weighted by Crippen LogP contribution is 2.38. The Labute approximate surface area is 216 Å². The fourth-order valence-corrected chi connectivity index (χ4v) is 4.75. The zero-order valence-electron chi connectivity index (χ0n) is 20.6. The van der Waals surface area contributed by atoms with Gasteiger partial charge in [-0.3, -0.25) is 0 Å². The smallest absolute Gasteiger partial charge is 0.416 e. The monoisotopic (exact) mass is 535 g/mol. The summed E-state index contributed by atoms with van der Waals surface area (Å²) < 4.78 is 71.0. The Morgan fingerprint density at radius 1 is 1.16 bits per heavy atom. The number of aliphatic hydroxyl groups is 1. The molecule has 2 N–H and O–H groups in total. The van der Waals surface area contributed by atoms with Crippen LogP contribution in [0.15, 0.2) is 78.8 Å². The van der Waals surface area contributed by atoms with Gasteiger partial charge < -0.3 is 23.9 Å². The van der Waals surface area contributed by atoms with Crippen LogP contribution in [-0.2, 0) is 32.6 Å². The first kappa shape index (κ1) is 27.3. The van der Waals surface area contributed by atoms with Gasteiger partial charge in [0, 0.05) is 22.5 Å². The molecule has 0 aromatic heterocycles. The van der Waals surface area contributed by atoms with Gasteiger partial charge in [-0.05, 0) is 62.2 Å². The van der Waals surface area contributed by atoms with Crippen molar-refractivity contribution in [2.75, 3.05) is 13.2 Å². The minimum Gasteiger partial charge on any atom is -0.598 e. The molecule has 4 rings (SSSR count). The minimum atomic E-state index is -4.46. The summed E-state index contributed by atoms with van der Waals surface area (Å²) in [4.78, 5) is 0. The first-order valence-electron chi connectivity index (χ1n) is 11.5. The summed E-state index contributed by atoms with van der Waals surface area (Å²) in [5.41, 5.74) is 0.747. The van der Waals surface area contributed by atoms with E-state index in [1.54, 1.807) is 6.07 Å². The normalized spacial score (nSPS) is 20.4. The molecule has 1 saturated heterocycles. The van der Waals surface area contributed by atoms with Crippen molar-refractivity contribution in [3.05, 3.63) is 95.5 Å². The van der Waals surface area contributed by atoms with Crippen LogP contribution in [0, 0.1) is 0 Å². The quantitative estimate of drug-likeness (QED) is 0.475. The van der Waals surface area contributed by atoms with Crippen molar-refractivity contribution >= 4 is 16.9 Å². The van der Waals surface area contributed by atoms with Gasteiger partial charge in [-0.25, -0.2) is 0 Å². The Morgan fingerprint density at radius 3 is 2.38 bits per heavy atom. The number of nitrogens with one attached hydrogen (secondary N) is 1. The lowest BCUT2D eigenvalue weighted by molar-refractivity contribution is -0.137. The second kappa shape index (κ2) is 10.2. The number of alkyl halides is 3. The molecule has 0 radical (unpaired) electrons. The van der Waals surface area contributed by atoms with E-state index in [9.17, 15) is 22.8 Å². The van der Waals surface area contributed by atoms with E-state index in [1.165, 1.54) is 24.5 Å². The Balaban J connectivity index is 1.66. The van der Waals surface area contributed by atoms with Gasteiger partial charge in [-0.2, -0.15) is 13.2 Å². The Kier molecular flexibility index (Phi) is 7.51. The molecule has 6 nitrogen and oxygen atoms in total. The minimum absolute atomic E-state index is 0.158. The third-order valence-electron chi connectivity index (χ3n) is 5.99. The van der Waals surface area contributed by atoms with Crippen LogP contribution < -0.4 is 9.46 Å². The molecule has 0 saturated carbocycles. The van der Waals surface area contributed by atoms with Gasteiger partial charge in [-0.15, -0.1) is 4.72 Å². The largest absolute Gasteiger partial charge is 0.598 e. The average molecular weight is 536 g/mol. The number of ether oxygens (including phenoxy) is 3. The lowest BCUT2D eigenvalue weighted by Crippen LogP contribution is -2.61. The molecule has 0 spiro atoms. The molecule has 0 aliphatic carbocycles. The Morgan fingerprint density at radius 2 is 1.84 bits per heavy atom. The second-order valence-corrected chi connectivity index (χ2v) is 11.7. The maximum Gasteiger partial charge on any atom is 0.416 e. The molecule has 37 heavy (non-hydrogen) atoms.